The minimum absolute atomic E-state index is 0.000648. The van der Waals surface area contributed by atoms with Gasteiger partial charge in [0.1, 0.15) is 5.65 Å². The van der Waals surface area contributed by atoms with Crippen LogP contribution in [0.1, 0.15) is 11.1 Å². The SMILES string of the molecule is O=c1c2ccc(Br)c3cccc(c32)c2nc3ccc4c5c(ccc(c35)n12)CC4. The van der Waals surface area contributed by atoms with Crippen molar-refractivity contribution in [3.8, 4) is 0 Å². The second-order valence-electron chi connectivity index (χ2n) is 7.64. The first-order chi connectivity index (χ1) is 13.7. The molecule has 7 rings (SSSR count). The van der Waals surface area contributed by atoms with E-state index in [1.165, 1.54) is 16.5 Å². The van der Waals surface area contributed by atoms with Gasteiger partial charge in [-0.15, -0.1) is 0 Å². The van der Waals surface area contributed by atoms with Gasteiger partial charge in [-0.25, -0.2) is 4.98 Å². The van der Waals surface area contributed by atoms with E-state index in [1.54, 1.807) is 0 Å². The first-order valence-electron chi connectivity index (χ1n) is 9.44. The third-order valence-corrected chi connectivity index (χ3v) is 6.99. The average molecular weight is 425 g/mol. The molecular weight excluding hydrogens is 412 g/mol. The van der Waals surface area contributed by atoms with E-state index >= 15 is 0 Å². The molecule has 0 saturated heterocycles. The van der Waals surface area contributed by atoms with Gasteiger partial charge in [0, 0.05) is 26.0 Å². The van der Waals surface area contributed by atoms with Gasteiger partial charge in [0.25, 0.3) is 5.56 Å². The number of benzene rings is 4. The second-order valence-corrected chi connectivity index (χ2v) is 8.49. The van der Waals surface area contributed by atoms with Crippen molar-refractivity contribution < 1.29 is 0 Å². The average Bonchev–Trinajstić information content (AvgIpc) is 3.15. The van der Waals surface area contributed by atoms with Crippen LogP contribution >= 0.6 is 15.9 Å². The molecule has 0 spiro atoms. The van der Waals surface area contributed by atoms with Crippen molar-refractivity contribution >= 4 is 64.9 Å². The van der Waals surface area contributed by atoms with Crippen LogP contribution in [0.25, 0.3) is 49.0 Å². The van der Waals surface area contributed by atoms with Gasteiger partial charge in [-0.1, -0.05) is 46.3 Å². The van der Waals surface area contributed by atoms with Gasteiger partial charge in [0.15, 0.2) is 0 Å². The fourth-order valence-electron chi connectivity index (χ4n) is 5.09. The van der Waals surface area contributed by atoms with E-state index in [1.807, 2.05) is 22.6 Å². The van der Waals surface area contributed by atoms with E-state index < -0.39 is 0 Å². The number of aromatic nitrogens is 2. The summed E-state index contributed by atoms with van der Waals surface area (Å²) in [4.78, 5) is 18.6. The topological polar surface area (TPSA) is 34.4 Å². The van der Waals surface area contributed by atoms with Crippen LogP contribution in [0.15, 0.2) is 63.9 Å². The largest absolute Gasteiger partial charge is 0.268 e. The van der Waals surface area contributed by atoms with Gasteiger partial charge in [0.05, 0.1) is 11.0 Å². The predicted molar refractivity (Wildman–Crippen MR) is 118 cm³/mol. The summed E-state index contributed by atoms with van der Waals surface area (Å²) in [7, 11) is 0. The highest BCUT2D eigenvalue weighted by Crippen LogP contribution is 2.38. The molecule has 1 aliphatic rings. The molecule has 0 aliphatic heterocycles. The van der Waals surface area contributed by atoms with E-state index in [4.69, 9.17) is 4.98 Å². The number of pyridine rings is 1. The number of hydrogen-bond donors (Lipinski definition) is 0. The van der Waals surface area contributed by atoms with Crippen LogP contribution in [-0.2, 0) is 12.8 Å². The zero-order chi connectivity index (χ0) is 18.6. The van der Waals surface area contributed by atoms with Crippen LogP contribution < -0.4 is 5.56 Å². The van der Waals surface area contributed by atoms with Crippen LogP contribution in [-0.4, -0.2) is 9.38 Å². The highest BCUT2D eigenvalue weighted by Gasteiger charge is 2.21. The van der Waals surface area contributed by atoms with Crippen molar-refractivity contribution in [3.63, 3.8) is 0 Å². The molecule has 2 aromatic heterocycles. The summed E-state index contributed by atoms with van der Waals surface area (Å²) < 4.78 is 2.81. The summed E-state index contributed by atoms with van der Waals surface area (Å²) in [5.41, 5.74) is 5.38. The Balaban J connectivity index is 1.88. The van der Waals surface area contributed by atoms with Crippen molar-refractivity contribution in [3.05, 3.63) is 80.6 Å². The van der Waals surface area contributed by atoms with Gasteiger partial charge in [-0.05, 0) is 59.0 Å². The molecule has 1 aliphatic carbocycles. The molecule has 2 heterocycles. The monoisotopic (exact) mass is 424 g/mol. The molecule has 6 aromatic rings. The van der Waals surface area contributed by atoms with Crippen LogP contribution in [0.3, 0.4) is 0 Å². The normalized spacial score (nSPS) is 13.8. The van der Waals surface area contributed by atoms with E-state index in [-0.39, 0.29) is 5.56 Å². The van der Waals surface area contributed by atoms with Crippen LogP contribution in [0, 0.1) is 0 Å². The Morgan fingerprint density at radius 3 is 2.43 bits per heavy atom. The van der Waals surface area contributed by atoms with Crippen molar-refractivity contribution in [2.24, 2.45) is 0 Å². The summed E-state index contributed by atoms with van der Waals surface area (Å²) in [5.74, 6) is 0. The first kappa shape index (κ1) is 15.0. The fourth-order valence-corrected chi connectivity index (χ4v) is 5.56. The summed E-state index contributed by atoms with van der Waals surface area (Å²) >= 11 is 3.63. The Kier molecular flexibility index (Phi) is 2.62. The van der Waals surface area contributed by atoms with Crippen molar-refractivity contribution in [2.75, 3.05) is 0 Å². The van der Waals surface area contributed by atoms with Gasteiger partial charge in [0.2, 0.25) is 0 Å². The zero-order valence-electron chi connectivity index (χ0n) is 14.8. The Morgan fingerprint density at radius 2 is 1.57 bits per heavy atom. The highest BCUT2D eigenvalue weighted by atomic mass is 79.9. The molecule has 0 saturated carbocycles. The molecule has 0 bridgehead atoms. The third-order valence-electron chi connectivity index (χ3n) is 6.29. The van der Waals surface area contributed by atoms with Crippen molar-refractivity contribution in [1.82, 2.24) is 9.38 Å². The third kappa shape index (κ3) is 1.62. The molecule has 0 amide bonds. The molecule has 0 atom stereocenters. The lowest BCUT2D eigenvalue weighted by Gasteiger charge is -2.15. The van der Waals surface area contributed by atoms with Crippen LogP contribution in [0.2, 0.25) is 0 Å². The molecule has 0 radical (unpaired) electrons. The summed E-state index contributed by atoms with van der Waals surface area (Å²) in [6.07, 6.45) is 2.13. The lowest BCUT2D eigenvalue weighted by molar-refractivity contribution is 1.02. The number of hydrogen-bond acceptors (Lipinski definition) is 2. The molecule has 4 aromatic carbocycles. The molecule has 28 heavy (non-hydrogen) atoms. The van der Waals surface area contributed by atoms with Gasteiger partial charge in [-0.3, -0.25) is 9.20 Å². The van der Waals surface area contributed by atoms with Crippen molar-refractivity contribution in [1.29, 1.82) is 0 Å². The van der Waals surface area contributed by atoms with Gasteiger partial charge < -0.3 is 0 Å². The summed E-state index contributed by atoms with van der Waals surface area (Å²) in [6.45, 7) is 0. The maximum atomic E-state index is 13.6. The fraction of sp³-hybridized carbons (Fsp3) is 0.0833. The molecule has 132 valence electrons. The number of nitrogens with zero attached hydrogens (tertiary/aromatic N) is 2. The maximum absolute atomic E-state index is 13.6. The molecule has 0 unspecified atom stereocenters. The van der Waals surface area contributed by atoms with Gasteiger partial charge in [-0.2, -0.15) is 0 Å². The smallest absolute Gasteiger partial charge is 0.264 e. The predicted octanol–water partition coefficient (Wildman–Crippen LogP) is 5.61. The first-order valence-corrected chi connectivity index (χ1v) is 10.2. The number of halogens is 1. The molecule has 4 heteroatoms. The summed E-state index contributed by atoms with van der Waals surface area (Å²) in [6, 6.07) is 18.6. The zero-order valence-corrected chi connectivity index (χ0v) is 16.4. The number of rotatable bonds is 0. The quantitative estimate of drug-likeness (QED) is 0.234. The van der Waals surface area contributed by atoms with E-state index in [0.717, 1.165) is 60.9 Å². The minimum Gasteiger partial charge on any atom is -0.268 e. The maximum Gasteiger partial charge on any atom is 0.264 e. The Morgan fingerprint density at radius 1 is 0.786 bits per heavy atom. The minimum atomic E-state index is -0.000648. The van der Waals surface area contributed by atoms with E-state index in [0.29, 0.717) is 0 Å². The second kappa shape index (κ2) is 4.89. The number of fused-ring (bicyclic) bond motifs is 3. The Labute approximate surface area is 167 Å². The van der Waals surface area contributed by atoms with Crippen LogP contribution in [0.5, 0.6) is 0 Å². The highest BCUT2D eigenvalue weighted by molar-refractivity contribution is 9.10. The number of aryl methyl sites for hydroxylation is 2. The lowest BCUT2D eigenvalue weighted by Crippen LogP contribution is -2.16. The van der Waals surface area contributed by atoms with E-state index in [2.05, 4.69) is 52.3 Å². The summed E-state index contributed by atoms with van der Waals surface area (Å²) in [5, 5.41) is 6.19. The Hall–Kier alpha value is -2.98. The molecular formula is C24H13BrN2O. The standard InChI is InChI=1S/C24H13BrN2O/c25-17-9-8-16-21-14(17)2-1-3-15(21)23-26-18-10-6-12-4-5-13-7-11-19(22(18)20(12)13)27(23)24(16)28/h1-3,6-11H,4-5H2. The Bertz CT molecular complexity index is 1690. The van der Waals surface area contributed by atoms with Crippen molar-refractivity contribution in [2.45, 2.75) is 12.8 Å². The van der Waals surface area contributed by atoms with Crippen LogP contribution in [0.4, 0.5) is 0 Å². The van der Waals surface area contributed by atoms with E-state index in [9.17, 15) is 4.79 Å². The lowest BCUT2D eigenvalue weighted by atomic mass is 10.00. The molecule has 3 nitrogen and oxygen atoms in total. The van der Waals surface area contributed by atoms with Gasteiger partial charge >= 0.3 is 0 Å². The molecule has 0 N–H and O–H groups in total. The molecule has 0 fully saturated rings.